The van der Waals surface area contributed by atoms with Crippen LogP contribution in [0.5, 0.6) is 0 Å². The molecular formula is C13H25NO4S. The number of carbonyl (C=O) groups is 1. The van der Waals surface area contributed by atoms with E-state index in [1.165, 1.54) is 0 Å². The fraction of sp³-hybridized carbons (Fsp3) is 0.923. The number of hydrogen-bond donors (Lipinski definition) is 1. The van der Waals surface area contributed by atoms with Crippen molar-refractivity contribution in [3.8, 4) is 0 Å². The summed E-state index contributed by atoms with van der Waals surface area (Å²) in [5, 5.41) is 0. The first-order chi connectivity index (χ1) is 8.67. The average Bonchev–Trinajstić information content (AvgIpc) is 2.23. The molecule has 0 heterocycles. The molecule has 19 heavy (non-hydrogen) atoms. The van der Waals surface area contributed by atoms with E-state index in [1.807, 2.05) is 0 Å². The van der Waals surface area contributed by atoms with Crippen LogP contribution in [0.3, 0.4) is 0 Å². The molecule has 1 saturated carbocycles. The fourth-order valence-corrected chi connectivity index (χ4v) is 3.36. The van der Waals surface area contributed by atoms with Crippen molar-refractivity contribution in [2.24, 2.45) is 17.6 Å². The van der Waals surface area contributed by atoms with E-state index in [2.05, 4.69) is 13.8 Å². The molecule has 1 rings (SSSR count). The lowest BCUT2D eigenvalue weighted by molar-refractivity contribution is -0.153. The molecule has 0 aromatic carbocycles. The van der Waals surface area contributed by atoms with E-state index < -0.39 is 21.8 Å². The van der Waals surface area contributed by atoms with Gasteiger partial charge in [-0.2, -0.15) is 0 Å². The van der Waals surface area contributed by atoms with Crippen LogP contribution in [0.1, 0.15) is 39.5 Å². The van der Waals surface area contributed by atoms with Crippen molar-refractivity contribution < 1.29 is 17.9 Å². The second kappa shape index (κ2) is 6.70. The van der Waals surface area contributed by atoms with Crippen LogP contribution in [0.15, 0.2) is 0 Å². The maximum Gasteiger partial charge on any atom is 0.323 e. The predicted octanol–water partition coefficient (Wildman–Crippen LogP) is 1.12. The molecule has 0 amide bonds. The van der Waals surface area contributed by atoms with Crippen LogP contribution in [0.25, 0.3) is 0 Å². The highest BCUT2D eigenvalue weighted by atomic mass is 32.2. The van der Waals surface area contributed by atoms with Crippen LogP contribution in [-0.2, 0) is 19.4 Å². The number of nitrogens with two attached hydrogens (primary N) is 1. The van der Waals surface area contributed by atoms with Crippen molar-refractivity contribution in [1.82, 2.24) is 0 Å². The Bertz CT molecular complexity index is 397. The number of esters is 1. The molecule has 0 aliphatic heterocycles. The Kier molecular flexibility index (Phi) is 5.80. The number of carbonyl (C=O) groups excluding carboxylic acids is 1. The summed E-state index contributed by atoms with van der Waals surface area (Å²) >= 11 is 0. The Hall–Kier alpha value is -0.620. The summed E-state index contributed by atoms with van der Waals surface area (Å²) in [6, 6.07) is -0.845. The van der Waals surface area contributed by atoms with Gasteiger partial charge in [-0.1, -0.05) is 13.8 Å². The predicted molar refractivity (Wildman–Crippen MR) is 74.4 cm³/mol. The average molecular weight is 291 g/mol. The van der Waals surface area contributed by atoms with E-state index in [4.69, 9.17) is 10.5 Å². The quantitative estimate of drug-likeness (QED) is 0.767. The molecule has 5 nitrogen and oxygen atoms in total. The zero-order chi connectivity index (χ0) is 14.6. The van der Waals surface area contributed by atoms with Gasteiger partial charge in [-0.25, -0.2) is 8.42 Å². The first-order valence-corrected chi connectivity index (χ1v) is 8.87. The van der Waals surface area contributed by atoms with E-state index in [-0.39, 0.29) is 18.3 Å². The van der Waals surface area contributed by atoms with Crippen LogP contribution in [0, 0.1) is 11.8 Å². The third-order valence-electron chi connectivity index (χ3n) is 3.52. The second-order valence-electron chi connectivity index (χ2n) is 6.00. The van der Waals surface area contributed by atoms with Crippen LogP contribution < -0.4 is 5.73 Å². The minimum Gasteiger partial charge on any atom is -0.461 e. The Labute approximate surface area is 115 Å². The van der Waals surface area contributed by atoms with Crippen molar-refractivity contribution in [1.29, 1.82) is 0 Å². The number of hydrogen-bond acceptors (Lipinski definition) is 5. The van der Waals surface area contributed by atoms with E-state index >= 15 is 0 Å². The second-order valence-corrected chi connectivity index (χ2v) is 8.26. The Morgan fingerprint density at radius 2 is 1.79 bits per heavy atom. The summed E-state index contributed by atoms with van der Waals surface area (Å²) in [5.74, 6) is 0.540. The molecule has 1 aliphatic rings. The van der Waals surface area contributed by atoms with Crippen LogP contribution in [-0.4, -0.2) is 38.5 Å². The van der Waals surface area contributed by atoms with Crippen molar-refractivity contribution in [3.63, 3.8) is 0 Å². The highest BCUT2D eigenvalue weighted by Gasteiger charge is 2.28. The Balaban J connectivity index is 2.41. The molecule has 1 aliphatic carbocycles. The Morgan fingerprint density at radius 3 is 2.26 bits per heavy atom. The van der Waals surface area contributed by atoms with Crippen molar-refractivity contribution in [2.45, 2.75) is 51.7 Å². The lowest BCUT2D eigenvalue weighted by Gasteiger charge is -2.31. The van der Waals surface area contributed by atoms with Gasteiger partial charge in [0.25, 0.3) is 0 Å². The topological polar surface area (TPSA) is 86.5 Å². The maximum absolute atomic E-state index is 11.8. The number of rotatable bonds is 5. The summed E-state index contributed by atoms with van der Waals surface area (Å²) < 4.78 is 27.5. The molecule has 0 radical (unpaired) electrons. The third-order valence-corrected chi connectivity index (χ3v) is 4.50. The molecule has 3 unspecified atom stereocenters. The van der Waals surface area contributed by atoms with E-state index in [1.54, 1.807) is 0 Å². The van der Waals surface area contributed by atoms with Gasteiger partial charge < -0.3 is 10.5 Å². The first kappa shape index (κ1) is 16.4. The normalized spacial score (nSPS) is 29.8. The largest absolute Gasteiger partial charge is 0.461 e. The molecule has 112 valence electrons. The molecule has 0 aromatic heterocycles. The van der Waals surface area contributed by atoms with Gasteiger partial charge in [-0.3, -0.25) is 4.79 Å². The molecule has 0 bridgehead atoms. The minimum absolute atomic E-state index is 0.0736. The van der Waals surface area contributed by atoms with E-state index in [0.29, 0.717) is 11.8 Å². The van der Waals surface area contributed by atoms with E-state index in [0.717, 1.165) is 25.5 Å². The maximum atomic E-state index is 11.8. The summed E-state index contributed by atoms with van der Waals surface area (Å²) in [6.07, 6.45) is 4.08. The molecule has 2 N–H and O–H groups in total. The van der Waals surface area contributed by atoms with Crippen LogP contribution in [0.4, 0.5) is 0 Å². The first-order valence-electron chi connectivity index (χ1n) is 6.81. The third kappa shape index (κ3) is 6.38. The number of ether oxygens (including phenoxy) is 1. The molecule has 3 atom stereocenters. The van der Waals surface area contributed by atoms with Gasteiger partial charge >= 0.3 is 5.97 Å². The summed E-state index contributed by atoms with van der Waals surface area (Å²) in [4.78, 5) is 11.8. The van der Waals surface area contributed by atoms with Crippen molar-refractivity contribution in [3.05, 3.63) is 0 Å². The lowest BCUT2D eigenvalue weighted by atomic mass is 9.82. The monoisotopic (exact) mass is 291 g/mol. The molecular weight excluding hydrogens is 266 g/mol. The van der Waals surface area contributed by atoms with Gasteiger partial charge in [0.15, 0.2) is 0 Å². The van der Waals surface area contributed by atoms with Crippen molar-refractivity contribution in [2.75, 3.05) is 12.0 Å². The lowest BCUT2D eigenvalue weighted by Crippen LogP contribution is -2.38. The fourth-order valence-electron chi connectivity index (χ4n) is 2.68. The standard InChI is InChI=1S/C13H25NO4S/c1-9-6-10(2)8-11(7-9)18-13(15)12(14)4-5-19(3,16)17/h9-12H,4-8,14H2,1-3H3. The van der Waals surface area contributed by atoms with Crippen LogP contribution >= 0.6 is 0 Å². The number of sulfone groups is 1. The SMILES string of the molecule is CC1CC(C)CC(OC(=O)C(N)CCS(C)(=O)=O)C1. The van der Waals surface area contributed by atoms with E-state index in [9.17, 15) is 13.2 Å². The summed E-state index contributed by atoms with van der Waals surface area (Å²) in [6.45, 7) is 4.31. The molecule has 1 fully saturated rings. The Morgan fingerprint density at radius 1 is 1.26 bits per heavy atom. The zero-order valence-electron chi connectivity index (χ0n) is 12.0. The molecule has 6 heteroatoms. The summed E-state index contributed by atoms with van der Waals surface area (Å²) in [7, 11) is -3.09. The highest BCUT2D eigenvalue weighted by molar-refractivity contribution is 7.90. The smallest absolute Gasteiger partial charge is 0.323 e. The van der Waals surface area contributed by atoms with Gasteiger partial charge in [0.1, 0.15) is 22.0 Å². The highest BCUT2D eigenvalue weighted by Crippen LogP contribution is 2.30. The summed E-state index contributed by atoms with van der Waals surface area (Å²) in [5.41, 5.74) is 5.67. The molecule has 0 aromatic rings. The van der Waals surface area contributed by atoms with Gasteiger partial charge in [-0.15, -0.1) is 0 Å². The van der Waals surface area contributed by atoms with Gasteiger partial charge in [0, 0.05) is 6.26 Å². The van der Waals surface area contributed by atoms with Gasteiger partial charge in [0.2, 0.25) is 0 Å². The molecule has 0 saturated heterocycles. The molecule has 0 spiro atoms. The van der Waals surface area contributed by atoms with Crippen molar-refractivity contribution >= 4 is 15.8 Å². The van der Waals surface area contributed by atoms with Crippen LogP contribution in [0.2, 0.25) is 0 Å². The van der Waals surface area contributed by atoms with Gasteiger partial charge in [-0.05, 0) is 37.5 Å². The zero-order valence-corrected chi connectivity index (χ0v) is 12.8. The van der Waals surface area contributed by atoms with Gasteiger partial charge in [0.05, 0.1) is 5.75 Å². The minimum atomic E-state index is -3.09.